The Morgan fingerprint density at radius 3 is 1.76 bits per heavy atom. The highest BCUT2D eigenvalue weighted by atomic mass is 19.4. The molecule has 1 aromatic carbocycles. The molecular formula is C16H14F6O3. The lowest BCUT2D eigenvalue weighted by molar-refractivity contribution is -0.145. The summed E-state index contributed by atoms with van der Waals surface area (Å²) in [6.45, 7) is 0. The third-order valence-corrected chi connectivity index (χ3v) is 3.86. The van der Waals surface area contributed by atoms with Gasteiger partial charge in [0.05, 0.1) is 11.1 Å². The summed E-state index contributed by atoms with van der Waals surface area (Å²) in [5.74, 6) is -2.97. The van der Waals surface area contributed by atoms with E-state index in [0.717, 1.165) is 19.3 Å². The maximum atomic E-state index is 12.8. The van der Waals surface area contributed by atoms with Crippen molar-refractivity contribution in [2.24, 2.45) is 0 Å². The van der Waals surface area contributed by atoms with Crippen LogP contribution in [0.3, 0.4) is 0 Å². The fraction of sp³-hybridized carbons (Fsp3) is 0.500. The Kier molecular flexibility index (Phi) is 5.43. The average Bonchev–Trinajstić information content (AvgIpc) is 2.53. The Morgan fingerprint density at radius 1 is 0.840 bits per heavy atom. The van der Waals surface area contributed by atoms with E-state index in [1.165, 1.54) is 0 Å². The lowest BCUT2D eigenvalue weighted by atomic mass is 9.97. The Bertz CT molecular complexity index is 625. The molecule has 0 aromatic heterocycles. The molecule has 0 bridgehead atoms. The Labute approximate surface area is 139 Å². The smallest absolute Gasteiger partial charge is 0.416 e. The minimum Gasteiger partial charge on any atom is -0.456 e. The fourth-order valence-corrected chi connectivity index (χ4v) is 2.59. The van der Waals surface area contributed by atoms with Crippen LogP contribution in [0, 0.1) is 0 Å². The fourth-order valence-electron chi connectivity index (χ4n) is 2.59. The molecule has 0 saturated heterocycles. The standard InChI is InChI=1S/C16H14F6O3/c17-15(18,19)10-6-9(7-11(8-10)16(20,21)22)13(23)14(24)25-12-4-2-1-3-5-12/h6-8,12H,1-5H2. The number of carbonyl (C=O) groups is 2. The zero-order chi connectivity index (χ0) is 18.8. The largest absolute Gasteiger partial charge is 0.456 e. The second-order valence-electron chi connectivity index (χ2n) is 5.79. The van der Waals surface area contributed by atoms with Crippen molar-refractivity contribution in [1.29, 1.82) is 0 Å². The van der Waals surface area contributed by atoms with E-state index in [0.29, 0.717) is 12.8 Å². The molecule has 1 fully saturated rings. The minimum atomic E-state index is -5.09. The molecule has 0 heterocycles. The first-order valence-electron chi connectivity index (χ1n) is 7.53. The predicted molar refractivity (Wildman–Crippen MR) is 73.7 cm³/mol. The van der Waals surface area contributed by atoms with E-state index in [9.17, 15) is 35.9 Å². The molecule has 0 radical (unpaired) electrons. The van der Waals surface area contributed by atoms with E-state index < -0.39 is 46.9 Å². The summed E-state index contributed by atoms with van der Waals surface area (Å²) >= 11 is 0. The molecule has 9 heteroatoms. The second-order valence-corrected chi connectivity index (χ2v) is 5.79. The number of hydrogen-bond acceptors (Lipinski definition) is 3. The van der Waals surface area contributed by atoms with E-state index in [-0.39, 0.29) is 18.2 Å². The van der Waals surface area contributed by atoms with Crippen LogP contribution in [-0.2, 0) is 21.9 Å². The molecule has 0 amide bonds. The highest BCUT2D eigenvalue weighted by molar-refractivity contribution is 6.40. The number of esters is 1. The van der Waals surface area contributed by atoms with Crippen LogP contribution < -0.4 is 0 Å². The minimum absolute atomic E-state index is 0.108. The molecule has 1 saturated carbocycles. The van der Waals surface area contributed by atoms with Gasteiger partial charge < -0.3 is 4.74 Å². The molecule has 0 aliphatic heterocycles. The van der Waals surface area contributed by atoms with E-state index in [2.05, 4.69) is 0 Å². The monoisotopic (exact) mass is 368 g/mol. The SMILES string of the molecule is O=C(OC1CCCCC1)C(=O)c1cc(C(F)(F)F)cc(C(F)(F)F)c1. The van der Waals surface area contributed by atoms with Gasteiger partial charge in [-0.3, -0.25) is 4.79 Å². The number of carbonyl (C=O) groups excluding carboxylic acids is 2. The van der Waals surface area contributed by atoms with Gasteiger partial charge >= 0.3 is 18.3 Å². The molecule has 138 valence electrons. The van der Waals surface area contributed by atoms with Gasteiger partial charge in [0.2, 0.25) is 0 Å². The first-order valence-corrected chi connectivity index (χ1v) is 7.53. The summed E-state index contributed by atoms with van der Waals surface area (Å²) in [4.78, 5) is 23.8. The third kappa shape index (κ3) is 4.96. The van der Waals surface area contributed by atoms with E-state index in [1.807, 2.05) is 0 Å². The Hall–Kier alpha value is -2.06. The van der Waals surface area contributed by atoms with Crippen molar-refractivity contribution in [2.45, 2.75) is 50.6 Å². The molecule has 1 aliphatic rings. The average molecular weight is 368 g/mol. The number of halogens is 6. The van der Waals surface area contributed by atoms with Crippen LogP contribution in [-0.4, -0.2) is 17.9 Å². The summed E-state index contributed by atoms with van der Waals surface area (Å²) in [5.41, 5.74) is -4.31. The van der Waals surface area contributed by atoms with Gasteiger partial charge in [0.25, 0.3) is 5.78 Å². The van der Waals surface area contributed by atoms with Crippen LogP contribution >= 0.6 is 0 Å². The molecule has 0 spiro atoms. The Balaban J connectivity index is 2.29. The first kappa shape index (κ1) is 19.3. The van der Waals surface area contributed by atoms with E-state index in [4.69, 9.17) is 4.74 Å². The van der Waals surface area contributed by atoms with Crippen LogP contribution in [0.5, 0.6) is 0 Å². The van der Waals surface area contributed by atoms with Gasteiger partial charge in [-0.05, 0) is 43.9 Å². The number of hydrogen-bond donors (Lipinski definition) is 0. The predicted octanol–water partition coefficient (Wildman–Crippen LogP) is 4.78. The highest BCUT2D eigenvalue weighted by Gasteiger charge is 2.38. The van der Waals surface area contributed by atoms with Gasteiger partial charge in [-0.25, -0.2) is 4.79 Å². The molecule has 1 aliphatic carbocycles. The van der Waals surface area contributed by atoms with Gasteiger partial charge in [0.15, 0.2) is 0 Å². The van der Waals surface area contributed by atoms with Crippen molar-refractivity contribution < 1.29 is 40.7 Å². The summed E-state index contributed by atoms with van der Waals surface area (Å²) in [5, 5.41) is 0. The zero-order valence-corrected chi connectivity index (χ0v) is 12.8. The molecular weight excluding hydrogens is 354 g/mol. The molecule has 1 aromatic rings. The second kappa shape index (κ2) is 7.05. The number of rotatable bonds is 3. The van der Waals surface area contributed by atoms with Crippen molar-refractivity contribution in [1.82, 2.24) is 0 Å². The van der Waals surface area contributed by atoms with Crippen molar-refractivity contribution in [2.75, 3.05) is 0 Å². The number of ether oxygens (including phenoxy) is 1. The normalized spacial score (nSPS) is 16.6. The third-order valence-electron chi connectivity index (χ3n) is 3.86. The van der Waals surface area contributed by atoms with Crippen LogP contribution in [0.15, 0.2) is 18.2 Å². The van der Waals surface area contributed by atoms with Gasteiger partial charge in [-0.2, -0.15) is 26.3 Å². The van der Waals surface area contributed by atoms with Crippen molar-refractivity contribution >= 4 is 11.8 Å². The maximum absolute atomic E-state index is 12.8. The molecule has 2 rings (SSSR count). The van der Waals surface area contributed by atoms with Crippen molar-refractivity contribution in [3.05, 3.63) is 34.9 Å². The number of benzene rings is 1. The van der Waals surface area contributed by atoms with Crippen molar-refractivity contribution in [3.8, 4) is 0 Å². The van der Waals surface area contributed by atoms with Crippen molar-refractivity contribution in [3.63, 3.8) is 0 Å². The molecule has 25 heavy (non-hydrogen) atoms. The summed E-state index contributed by atoms with van der Waals surface area (Å²) < 4.78 is 81.6. The molecule has 0 atom stereocenters. The number of ketones is 1. The lowest BCUT2D eigenvalue weighted by Crippen LogP contribution is -2.26. The van der Waals surface area contributed by atoms with Gasteiger partial charge in [0, 0.05) is 5.56 Å². The Morgan fingerprint density at radius 2 is 1.32 bits per heavy atom. The summed E-state index contributed by atoms with van der Waals surface area (Å²) in [7, 11) is 0. The van der Waals surface area contributed by atoms with Crippen LogP contribution in [0.4, 0.5) is 26.3 Å². The van der Waals surface area contributed by atoms with Crippen LogP contribution in [0.2, 0.25) is 0 Å². The van der Waals surface area contributed by atoms with Crippen LogP contribution in [0.1, 0.15) is 53.6 Å². The van der Waals surface area contributed by atoms with E-state index >= 15 is 0 Å². The molecule has 0 N–H and O–H groups in total. The molecule has 0 unspecified atom stereocenters. The topological polar surface area (TPSA) is 43.4 Å². The van der Waals surface area contributed by atoms with Gasteiger partial charge in [-0.15, -0.1) is 0 Å². The number of Topliss-reactive ketones (excluding diaryl/α,β-unsaturated/α-hetero) is 1. The summed E-state index contributed by atoms with van der Waals surface area (Å²) in [6.07, 6.45) is -7.23. The van der Waals surface area contributed by atoms with Crippen LogP contribution in [0.25, 0.3) is 0 Å². The van der Waals surface area contributed by atoms with Gasteiger partial charge in [0.1, 0.15) is 6.10 Å². The summed E-state index contributed by atoms with van der Waals surface area (Å²) in [6, 6.07) is 0.336. The highest BCUT2D eigenvalue weighted by Crippen LogP contribution is 2.36. The van der Waals surface area contributed by atoms with Gasteiger partial charge in [-0.1, -0.05) is 6.42 Å². The zero-order valence-electron chi connectivity index (χ0n) is 12.8. The van der Waals surface area contributed by atoms with E-state index in [1.54, 1.807) is 0 Å². The molecule has 3 nitrogen and oxygen atoms in total. The lowest BCUT2D eigenvalue weighted by Gasteiger charge is -2.21. The maximum Gasteiger partial charge on any atom is 0.416 e. The number of alkyl halides is 6. The first-order chi connectivity index (χ1) is 11.5. The quantitative estimate of drug-likeness (QED) is 0.334.